The van der Waals surface area contributed by atoms with E-state index < -0.39 is 90.9 Å². The summed E-state index contributed by atoms with van der Waals surface area (Å²) in [4.78, 5) is 125. The molecule has 0 unspecified atom stereocenters. The Kier molecular flexibility index (Phi) is 41.9. The minimum atomic E-state index is -0.802. The molecular formula is C51H99N21O15. The SMILES string of the molecule is NCC(CN)OC(=O)NCCCN(CCCNC(=O)OC(CN)CN)C(=O)c1cc(C(=O)N(CCCNC(=O)OC(CN)CN)CCCNC(=O)OC(CN)CN)cc(C(=O)N(CCCNC(=O)OC(CN)CN)CCCNC(=O)OC(CN)CN)c1. The molecule has 36 nitrogen and oxygen atoms in total. The van der Waals surface area contributed by atoms with Crippen LogP contribution >= 0.6 is 0 Å². The highest BCUT2D eigenvalue weighted by molar-refractivity contribution is 6.04. The number of rotatable bonds is 45. The molecule has 0 atom stereocenters. The van der Waals surface area contributed by atoms with Gasteiger partial charge in [0.15, 0.2) is 0 Å². The second-order valence-electron chi connectivity index (χ2n) is 19.3. The number of carbonyl (C=O) groups excluding carboxylic acids is 9. The van der Waals surface area contributed by atoms with Gasteiger partial charge in [-0.1, -0.05) is 0 Å². The predicted octanol–water partition coefficient (Wildman–Crippen LogP) is -6.57. The number of alkyl carbamates (subject to hydrolysis) is 6. The van der Waals surface area contributed by atoms with Crippen molar-refractivity contribution in [1.29, 1.82) is 0 Å². The van der Waals surface area contributed by atoms with Crippen molar-refractivity contribution in [2.24, 2.45) is 68.8 Å². The zero-order valence-electron chi connectivity index (χ0n) is 49.8. The average molecular weight is 1250 g/mol. The normalized spacial score (nSPS) is 11.1. The topological polar surface area (TPSA) is 603 Å². The summed E-state index contributed by atoms with van der Waals surface area (Å²) < 4.78 is 31.4. The van der Waals surface area contributed by atoms with E-state index in [4.69, 9.17) is 97.2 Å². The van der Waals surface area contributed by atoms with Crippen LogP contribution in [0.2, 0.25) is 0 Å². The Morgan fingerprint density at radius 2 is 0.414 bits per heavy atom. The van der Waals surface area contributed by atoms with E-state index in [0.717, 1.165) is 0 Å². The van der Waals surface area contributed by atoms with E-state index in [-0.39, 0.29) is 212 Å². The third kappa shape index (κ3) is 32.9. The lowest BCUT2D eigenvalue weighted by Crippen LogP contribution is -2.41. The number of benzene rings is 1. The van der Waals surface area contributed by atoms with Crippen LogP contribution in [-0.2, 0) is 28.4 Å². The van der Waals surface area contributed by atoms with Crippen molar-refractivity contribution < 1.29 is 71.6 Å². The second-order valence-corrected chi connectivity index (χ2v) is 19.3. The van der Waals surface area contributed by atoms with E-state index >= 15 is 14.4 Å². The van der Waals surface area contributed by atoms with Gasteiger partial charge in [-0.05, 0) is 56.7 Å². The number of hydrogen-bond donors (Lipinski definition) is 18. The van der Waals surface area contributed by atoms with Crippen molar-refractivity contribution >= 4 is 54.3 Å². The summed E-state index contributed by atoms with van der Waals surface area (Å²) in [7, 11) is 0. The standard InChI is InChI=1S/C51H99N21O15/c52-22-37(23-53)82-46(76)64-7-1-13-70(14-2-8-65-47(77)83-38(24-54)25-55)43(73)34-19-35(44(74)71(15-3-9-66-48(78)84-39(26-56)27-57)16-4-10-67-49(79)85-40(28-58)29-59)21-36(20-34)45(75)72(17-5-11-68-50(80)86-41(30-60)31-61)18-6-12-69-51(81)87-42(32-62)33-63/h19-21,37-42H,1-18,22-33,52-63H2,(H,64,76)(H,65,77)(H,66,78)(H,67,79)(H,68,80)(H,69,81). The first-order valence-corrected chi connectivity index (χ1v) is 28.9. The molecule has 0 aliphatic carbocycles. The van der Waals surface area contributed by atoms with Crippen molar-refractivity contribution in [3.63, 3.8) is 0 Å². The number of ether oxygens (including phenoxy) is 6. The van der Waals surface area contributed by atoms with E-state index in [1.165, 1.54) is 32.9 Å². The highest BCUT2D eigenvalue weighted by Crippen LogP contribution is 2.19. The maximum absolute atomic E-state index is 15.0. The number of carbonyl (C=O) groups is 9. The number of nitrogens with two attached hydrogens (primary N) is 12. The van der Waals surface area contributed by atoms with Gasteiger partial charge in [-0.2, -0.15) is 0 Å². The van der Waals surface area contributed by atoms with E-state index in [2.05, 4.69) is 31.9 Å². The van der Waals surface area contributed by atoms with Crippen LogP contribution in [0.25, 0.3) is 0 Å². The number of nitrogens with one attached hydrogen (secondary N) is 6. The summed E-state index contributed by atoms with van der Waals surface area (Å²) >= 11 is 0. The van der Waals surface area contributed by atoms with E-state index in [1.54, 1.807) is 0 Å². The minimum absolute atomic E-state index is 0.00158. The number of hydrogen-bond acceptors (Lipinski definition) is 27. The first-order chi connectivity index (χ1) is 41.8. The summed E-state index contributed by atoms with van der Waals surface area (Å²) in [5, 5.41) is 15.6. The van der Waals surface area contributed by atoms with Gasteiger partial charge in [-0.15, -0.1) is 0 Å². The van der Waals surface area contributed by atoms with Crippen LogP contribution in [0.5, 0.6) is 0 Å². The molecule has 1 aromatic rings. The monoisotopic (exact) mass is 1250 g/mol. The molecule has 0 saturated heterocycles. The van der Waals surface area contributed by atoms with Crippen LogP contribution in [-0.4, -0.2) is 263 Å². The third-order valence-corrected chi connectivity index (χ3v) is 12.6. The van der Waals surface area contributed by atoms with Gasteiger partial charge in [0, 0.05) is 174 Å². The molecule has 9 amide bonds. The molecule has 0 bridgehead atoms. The van der Waals surface area contributed by atoms with Gasteiger partial charge in [0.25, 0.3) is 17.7 Å². The molecule has 1 aromatic carbocycles. The van der Waals surface area contributed by atoms with Crippen LogP contribution in [0.3, 0.4) is 0 Å². The molecule has 0 spiro atoms. The first kappa shape index (κ1) is 77.8. The smallest absolute Gasteiger partial charge is 0.407 e. The fraction of sp³-hybridized carbons (Fsp3) is 0.706. The zero-order valence-corrected chi connectivity index (χ0v) is 49.8. The molecule has 0 aromatic heterocycles. The van der Waals surface area contributed by atoms with Crippen molar-refractivity contribution in [2.75, 3.05) is 157 Å². The van der Waals surface area contributed by atoms with Crippen LogP contribution < -0.4 is 101 Å². The molecule has 0 aliphatic heterocycles. The van der Waals surface area contributed by atoms with E-state index in [1.807, 2.05) is 0 Å². The minimum Gasteiger partial charge on any atom is -0.444 e. The van der Waals surface area contributed by atoms with Gasteiger partial charge in [0.05, 0.1) is 0 Å². The van der Waals surface area contributed by atoms with Crippen LogP contribution in [0.15, 0.2) is 18.2 Å². The zero-order chi connectivity index (χ0) is 64.9. The molecule has 87 heavy (non-hydrogen) atoms. The van der Waals surface area contributed by atoms with Crippen molar-refractivity contribution in [3.8, 4) is 0 Å². The Balaban J connectivity index is 4.02. The average Bonchev–Trinajstić information content (AvgIpc) is 3.35. The third-order valence-electron chi connectivity index (χ3n) is 12.6. The second kappa shape index (κ2) is 46.9. The van der Waals surface area contributed by atoms with Gasteiger partial charge in [-0.3, -0.25) is 14.4 Å². The lowest BCUT2D eigenvalue weighted by molar-refractivity contribution is 0.0749. The van der Waals surface area contributed by atoms with Crippen molar-refractivity contribution in [2.45, 2.75) is 75.1 Å². The molecule has 1 rings (SSSR count). The predicted molar refractivity (Wildman–Crippen MR) is 320 cm³/mol. The fourth-order valence-corrected chi connectivity index (χ4v) is 7.57. The van der Waals surface area contributed by atoms with Crippen LogP contribution in [0.4, 0.5) is 28.8 Å². The van der Waals surface area contributed by atoms with E-state index in [9.17, 15) is 28.8 Å². The quantitative estimate of drug-likeness (QED) is 0.0213. The molecule has 0 radical (unpaired) electrons. The molecule has 36 heteroatoms. The Labute approximate surface area is 507 Å². The lowest BCUT2D eigenvalue weighted by Gasteiger charge is -2.27. The molecule has 0 saturated carbocycles. The maximum Gasteiger partial charge on any atom is 0.407 e. The summed E-state index contributed by atoms with van der Waals surface area (Å²) in [5.41, 5.74) is 67.2. The Hall–Kier alpha value is -7.23. The summed E-state index contributed by atoms with van der Waals surface area (Å²) in [5.74, 6) is -2.05. The number of nitrogens with zero attached hydrogens (tertiary/aromatic N) is 3. The molecule has 0 fully saturated rings. The van der Waals surface area contributed by atoms with Crippen LogP contribution in [0, 0.1) is 0 Å². The summed E-state index contributed by atoms with van der Waals surface area (Å²) in [6.45, 7) is -0.415. The molecule has 0 aliphatic rings. The molecule has 498 valence electrons. The summed E-state index contributed by atoms with van der Waals surface area (Å²) in [6.07, 6.45) is -8.41. The lowest BCUT2D eigenvalue weighted by atomic mass is 10.0. The summed E-state index contributed by atoms with van der Waals surface area (Å²) in [6, 6.07) is 3.91. The molecule has 30 N–H and O–H groups in total. The van der Waals surface area contributed by atoms with Crippen molar-refractivity contribution in [1.82, 2.24) is 46.6 Å². The highest BCUT2D eigenvalue weighted by atomic mass is 16.6. The van der Waals surface area contributed by atoms with Gasteiger partial charge in [0.2, 0.25) is 0 Å². The Morgan fingerprint density at radius 3 is 0.540 bits per heavy atom. The van der Waals surface area contributed by atoms with E-state index in [0.29, 0.717) is 0 Å². The maximum atomic E-state index is 15.0. The fourth-order valence-electron chi connectivity index (χ4n) is 7.57. The van der Waals surface area contributed by atoms with Gasteiger partial charge in [0.1, 0.15) is 36.6 Å². The first-order valence-electron chi connectivity index (χ1n) is 28.9. The van der Waals surface area contributed by atoms with Crippen molar-refractivity contribution in [3.05, 3.63) is 34.9 Å². The highest BCUT2D eigenvalue weighted by Gasteiger charge is 2.27. The molecule has 0 heterocycles. The van der Waals surface area contributed by atoms with Gasteiger partial charge in [-0.25, -0.2) is 28.8 Å². The number of amides is 9. The Bertz CT molecular complexity index is 1820. The van der Waals surface area contributed by atoms with Gasteiger partial charge < -0.3 is 144 Å². The van der Waals surface area contributed by atoms with Gasteiger partial charge >= 0.3 is 36.6 Å². The van der Waals surface area contributed by atoms with Crippen LogP contribution in [0.1, 0.15) is 69.6 Å². The largest absolute Gasteiger partial charge is 0.444 e. The Morgan fingerprint density at radius 1 is 0.276 bits per heavy atom. The molecular weight excluding hydrogens is 1150 g/mol.